The zero-order valence-electron chi connectivity index (χ0n) is 11.2. The van der Waals surface area contributed by atoms with E-state index in [1.54, 1.807) is 26.8 Å². The largest absolute Gasteiger partial charge is 0.444 e. The lowest BCUT2D eigenvalue weighted by atomic mass is 10.2. The van der Waals surface area contributed by atoms with Crippen molar-refractivity contribution >= 4 is 38.5 Å². The highest BCUT2D eigenvalue weighted by molar-refractivity contribution is 7.22. The molecule has 0 aliphatic heterocycles. The minimum Gasteiger partial charge on any atom is -0.444 e. The molecule has 0 spiro atoms. The first kappa shape index (κ1) is 14.2. The molecule has 1 aromatic carbocycles. The molecule has 2 aromatic rings. The van der Waals surface area contributed by atoms with Crippen molar-refractivity contribution < 1.29 is 14.5 Å². The highest BCUT2D eigenvalue weighted by atomic mass is 32.1. The summed E-state index contributed by atoms with van der Waals surface area (Å²) in [4.78, 5) is 26.0. The maximum absolute atomic E-state index is 11.6. The molecule has 106 valence electrons. The summed E-state index contributed by atoms with van der Waals surface area (Å²) >= 11 is 1.16. The van der Waals surface area contributed by atoms with E-state index in [9.17, 15) is 14.9 Å². The van der Waals surface area contributed by atoms with E-state index in [1.165, 1.54) is 12.1 Å². The molecule has 0 fully saturated rings. The number of benzene rings is 1. The van der Waals surface area contributed by atoms with Gasteiger partial charge in [0.25, 0.3) is 5.69 Å². The molecule has 8 heteroatoms. The van der Waals surface area contributed by atoms with Gasteiger partial charge in [-0.05, 0) is 26.8 Å². The van der Waals surface area contributed by atoms with E-state index in [1.807, 2.05) is 0 Å². The van der Waals surface area contributed by atoms with Crippen LogP contribution in [0.15, 0.2) is 18.2 Å². The van der Waals surface area contributed by atoms with Gasteiger partial charge in [0.05, 0.1) is 15.1 Å². The number of anilines is 1. The van der Waals surface area contributed by atoms with E-state index in [0.717, 1.165) is 11.3 Å². The first-order chi connectivity index (χ1) is 9.24. The second-order valence-corrected chi connectivity index (χ2v) is 6.09. The topological polar surface area (TPSA) is 94.4 Å². The van der Waals surface area contributed by atoms with Crippen LogP contribution in [0.5, 0.6) is 0 Å². The van der Waals surface area contributed by atoms with Crippen molar-refractivity contribution in [1.29, 1.82) is 0 Å². The predicted molar refractivity (Wildman–Crippen MR) is 76.1 cm³/mol. The van der Waals surface area contributed by atoms with Gasteiger partial charge in [0, 0.05) is 12.1 Å². The van der Waals surface area contributed by atoms with Crippen LogP contribution in [-0.2, 0) is 4.74 Å². The van der Waals surface area contributed by atoms with Crippen LogP contribution in [0.2, 0.25) is 0 Å². The van der Waals surface area contributed by atoms with Crippen LogP contribution >= 0.6 is 11.3 Å². The number of rotatable bonds is 2. The van der Waals surface area contributed by atoms with Crippen LogP contribution in [0.3, 0.4) is 0 Å². The van der Waals surface area contributed by atoms with Crippen LogP contribution < -0.4 is 5.32 Å². The lowest BCUT2D eigenvalue weighted by molar-refractivity contribution is -0.384. The fourth-order valence-corrected chi connectivity index (χ4v) is 2.36. The van der Waals surface area contributed by atoms with Crippen molar-refractivity contribution in [1.82, 2.24) is 4.98 Å². The lowest BCUT2D eigenvalue weighted by Gasteiger charge is -2.18. The van der Waals surface area contributed by atoms with Crippen LogP contribution in [0.25, 0.3) is 10.2 Å². The van der Waals surface area contributed by atoms with Crippen molar-refractivity contribution in [2.45, 2.75) is 26.4 Å². The molecule has 0 radical (unpaired) electrons. The third-order valence-corrected chi connectivity index (χ3v) is 3.12. The quantitative estimate of drug-likeness (QED) is 0.675. The fraction of sp³-hybridized carbons (Fsp3) is 0.333. The SMILES string of the molecule is CC(C)(C)OC(=O)Nc1nc2ccc([N+](=O)[O-])cc2s1. The number of hydrogen-bond donors (Lipinski definition) is 1. The predicted octanol–water partition coefficient (Wildman–Crippen LogP) is 3.55. The van der Waals surface area contributed by atoms with Gasteiger partial charge >= 0.3 is 6.09 Å². The molecular weight excluding hydrogens is 282 g/mol. The van der Waals surface area contributed by atoms with E-state index in [-0.39, 0.29) is 5.69 Å². The average Bonchev–Trinajstić information content (AvgIpc) is 2.66. The Bertz CT molecular complexity index is 675. The van der Waals surface area contributed by atoms with Gasteiger partial charge in [-0.25, -0.2) is 9.78 Å². The van der Waals surface area contributed by atoms with Gasteiger partial charge < -0.3 is 4.74 Å². The number of carbonyl (C=O) groups excluding carboxylic acids is 1. The van der Waals surface area contributed by atoms with Gasteiger partial charge in [-0.2, -0.15) is 0 Å². The Hall–Kier alpha value is -2.22. The van der Waals surface area contributed by atoms with Crippen molar-refractivity contribution in [2.24, 2.45) is 0 Å². The summed E-state index contributed by atoms with van der Waals surface area (Å²) in [6, 6.07) is 4.34. The Morgan fingerprint density at radius 2 is 2.15 bits per heavy atom. The Morgan fingerprint density at radius 3 is 2.75 bits per heavy atom. The number of fused-ring (bicyclic) bond motifs is 1. The minimum absolute atomic E-state index is 0.00929. The number of nitrogens with zero attached hydrogens (tertiary/aromatic N) is 2. The van der Waals surface area contributed by atoms with Gasteiger partial charge in [-0.1, -0.05) is 11.3 Å². The molecule has 0 aliphatic carbocycles. The smallest absolute Gasteiger partial charge is 0.413 e. The molecule has 0 atom stereocenters. The molecule has 7 nitrogen and oxygen atoms in total. The second kappa shape index (κ2) is 5.04. The van der Waals surface area contributed by atoms with E-state index >= 15 is 0 Å². The van der Waals surface area contributed by atoms with Gasteiger partial charge in [0.15, 0.2) is 5.13 Å². The Morgan fingerprint density at radius 1 is 1.45 bits per heavy atom. The molecule has 1 amide bonds. The highest BCUT2D eigenvalue weighted by Crippen LogP contribution is 2.29. The number of nitrogens with one attached hydrogen (secondary N) is 1. The summed E-state index contributed by atoms with van der Waals surface area (Å²) in [6.45, 7) is 5.27. The third-order valence-electron chi connectivity index (χ3n) is 2.19. The van der Waals surface area contributed by atoms with Crippen molar-refractivity contribution in [2.75, 3.05) is 5.32 Å². The number of nitro benzene ring substituents is 1. The minimum atomic E-state index is -0.606. The third kappa shape index (κ3) is 3.41. The molecule has 0 bridgehead atoms. The maximum Gasteiger partial charge on any atom is 0.413 e. The number of nitro groups is 1. The molecule has 0 saturated carbocycles. The van der Waals surface area contributed by atoms with Crippen LogP contribution in [0, 0.1) is 10.1 Å². The number of thiazole rings is 1. The zero-order chi connectivity index (χ0) is 14.9. The average molecular weight is 295 g/mol. The van der Waals surface area contributed by atoms with Crippen LogP contribution in [0.4, 0.5) is 15.6 Å². The van der Waals surface area contributed by atoms with Gasteiger partial charge in [0.1, 0.15) is 5.60 Å². The lowest BCUT2D eigenvalue weighted by Crippen LogP contribution is -2.27. The first-order valence-corrected chi connectivity index (χ1v) is 6.61. The number of aromatic nitrogens is 1. The van der Waals surface area contributed by atoms with Gasteiger partial charge in [-0.15, -0.1) is 0 Å². The maximum atomic E-state index is 11.6. The molecule has 0 aliphatic rings. The van der Waals surface area contributed by atoms with Crippen LogP contribution in [0.1, 0.15) is 20.8 Å². The molecule has 0 saturated heterocycles. The monoisotopic (exact) mass is 295 g/mol. The van der Waals surface area contributed by atoms with E-state index in [2.05, 4.69) is 10.3 Å². The summed E-state index contributed by atoms with van der Waals surface area (Å²) in [5.74, 6) is 0. The Labute approximate surface area is 118 Å². The van der Waals surface area contributed by atoms with Crippen LogP contribution in [-0.4, -0.2) is 21.6 Å². The Balaban J connectivity index is 2.20. The van der Waals surface area contributed by atoms with Gasteiger partial charge in [0.2, 0.25) is 0 Å². The van der Waals surface area contributed by atoms with E-state index < -0.39 is 16.6 Å². The number of amides is 1. The zero-order valence-corrected chi connectivity index (χ0v) is 12.0. The first-order valence-electron chi connectivity index (χ1n) is 5.79. The van der Waals surface area contributed by atoms with Gasteiger partial charge in [-0.3, -0.25) is 15.4 Å². The summed E-state index contributed by atoms with van der Waals surface area (Å²) in [7, 11) is 0. The van der Waals surface area contributed by atoms with E-state index in [0.29, 0.717) is 15.3 Å². The molecular formula is C12H13N3O4S. The molecule has 2 rings (SSSR count). The number of hydrogen-bond acceptors (Lipinski definition) is 6. The molecule has 20 heavy (non-hydrogen) atoms. The van der Waals surface area contributed by atoms with Crippen molar-refractivity contribution in [3.63, 3.8) is 0 Å². The normalized spacial score (nSPS) is 11.3. The standard InChI is InChI=1S/C12H13N3O4S/c1-12(2,3)19-11(16)14-10-13-8-5-4-7(15(17)18)6-9(8)20-10/h4-6H,1-3H3,(H,13,14,16). The molecule has 1 heterocycles. The van der Waals surface area contributed by atoms with Crippen molar-refractivity contribution in [3.05, 3.63) is 28.3 Å². The molecule has 1 N–H and O–H groups in total. The summed E-state index contributed by atoms with van der Waals surface area (Å²) in [5, 5.41) is 13.5. The number of non-ortho nitro benzene ring substituents is 1. The second-order valence-electron chi connectivity index (χ2n) is 5.06. The van der Waals surface area contributed by atoms with E-state index in [4.69, 9.17) is 4.74 Å². The Kier molecular flexibility index (Phi) is 3.58. The summed E-state index contributed by atoms with van der Waals surface area (Å²) < 4.78 is 5.74. The number of carbonyl (C=O) groups is 1. The highest BCUT2D eigenvalue weighted by Gasteiger charge is 2.18. The molecule has 1 aromatic heterocycles. The summed E-state index contributed by atoms with van der Waals surface area (Å²) in [5.41, 5.74) is -0.0175. The fourth-order valence-electron chi connectivity index (χ4n) is 1.47. The molecule has 0 unspecified atom stereocenters. The summed E-state index contributed by atoms with van der Waals surface area (Å²) in [6.07, 6.45) is -0.606. The number of ether oxygens (including phenoxy) is 1. The van der Waals surface area contributed by atoms with Crippen molar-refractivity contribution in [3.8, 4) is 0 Å².